The van der Waals surface area contributed by atoms with Crippen molar-refractivity contribution in [3.05, 3.63) is 29.8 Å². The topological polar surface area (TPSA) is 46.5 Å². The third-order valence-electron chi connectivity index (χ3n) is 6.30. The predicted octanol–water partition coefficient (Wildman–Crippen LogP) is 2.51. The van der Waals surface area contributed by atoms with Crippen molar-refractivity contribution in [3.63, 3.8) is 0 Å². The van der Waals surface area contributed by atoms with Crippen LogP contribution in [0.4, 0.5) is 0 Å². The molecule has 3 rings (SSSR count). The number of hydrogen-bond donors (Lipinski definition) is 1. The van der Waals surface area contributed by atoms with E-state index in [0.717, 1.165) is 17.9 Å². The number of rotatable bonds is 6. The van der Waals surface area contributed by atoms with Gasteiger partial charge in [-0.2, -0.15) is 0 Å². The van der Waals surface area contributed by atoms with E-state index < -0.39 is 5.97 Å². The summed E-state index contributed by atoms with van der Waals surface area (Å²) in [6.45, 7) is 2.54. The van der Waals surface area contributed by atoms with Crippen LogP contribution in [-0.4, -0.2) is 17.7 Å². The molecule has 2 aliphatic rings. The van der Waals surface area contributed by atoms with Crippen LogP contribution < -0.4 is 34.3 Å². The molecule has 142 valence electrons. The Kier molecular flexibility index (Phi) is 8.73. The minimum atomic E-state index is -0.824. The van der Waals surface area contributed by atoms with Gasteiger partial charge in [-0.3, -0.25) is 4.79 Å². The Hall–Kier alpha value is -0.950. The van der Waals surface area contributed by atoms with E-state index >= 15 is 0 Å². The first kappa shape index (κ1) is 22.3. The zero-order chi connectivity index (χ0) is 18.4. The first-order chi connectivity index (χ1) is 12.6. The fourth-order valence-electron chi connectivity index (χ4n) is 4.69. The Morgan fingerprint density at radius 2 is 1.85 bits per heavy atom. The molecule has 0 aliphatic heterocycles. The molecule has 1 aromatic carbocycles. The Morgan fingerprint density at radius 1 is 1.22 bits per heavy atom. The summed E-state index contributed by atoms with van der Waals surface area (Å²) in [5.74, 6) is 6.28. The fourth-order valence-corrected chi connectivity index (χ4v) is 4.69. The van der Waals surface area contributed by atoms with Crippen molar-refractivity contribution < 1.29 is 45.6 Å². The van der Waals surface area contributed by atoms with E-state index in [9.17, 15) is 4.79 Å². The van der Waals surface area contributed by atoms with Crippen molar-refractivity contribution in [2.24, 2.45) is 11.3 Å². The van der Waals surface area contributed by atoms with E-state index in [-0.39, 0.29) is 43.3 Å². The molecule has 0 amide bonds. The Morgan fingerprint density at radius 3 is 2.41 bits per heavy atom. The molecular weight excluding hydrogens is 347 g/mol. The largest absolute Gasteiger partial charge is 1.00 e. The number of carboxylic acid groups (broad SMARTS) is 1. The van der Waals surface area contributed by atoms with Gasteiger partial charge in [-0.25, -0.2) is 0 Å². The summed E-state index contributed by atoms with van der Waals surface area (Å²) in [6.07, 6.45) is 11.1. The number of ether oxygens (including phenoxy) is 1. The maximum Gasteiger partial charge on any atom is 1.00 e. The van der Waals surface area contributed by atoms with Crippen molar-refractivity contribution in [3.8, 4) is 17.6 Å². The average molecular weight is 378 g/mol. The molecule has 0 unspecified atom stereocenters. The normalized spacial score (nSPS) is 19.6. The summed E-state index contributed by atoms with van der Waals surface area (Å²) in [5.41, 5.74) is 1.62. The molecular formula is C23H31NaO3. The molecule has 1 spiro atoms. The van der Waals surface area contributed by atoms with Crippen LogP contribution >= 0.6 is 0 Å². The van der Waals surface area contributed by atoms with Gasteiger partial charge in [0.15, 0.2) is 0 Å². The minimum absolute atomic E-state index is 0. The molecule has 4 heteroatoms. The second kappa shape index (κ2) is 10.6. The van der Waals surface area contributed by atoms with Gasteiger partial charge >= 0.3 is 35.5 Å². The number of aliphatic carboxylic acids is 1. The van der Waals surface area contributed by atoms with Crippen LogP contribution in [-0.2, 0) is 4.79 Å². The summed E-state index contributed by atoms with van der Waals surface area (Å²) >= 11 is 0. The predicted molar refractivity (Wildman–Crippen MR) is 104 cm³/mol. The van der Waals surface area contributed by atoms with Crippen molar-refractivity contribution in [1.82, 2.24) is 0 Å². The van der Waals surface area contributed by atoms with E-state index in [1.54, 1.807) is 6.92 Å². The quantitative estimate of drug-likeness (QED) is 0.611. The average Bonchev–Trinajstić information content (AvgIpc) is 3.09. The molecule has 0 radical (unpaired) electrons. The smallest absolute Gasteiger partial charge is 1.00 e. The van der Waals surface area contributed by atoms with Gasteiger partial charge in [0.1, 0.15) is 5.75 Å². The van der Waals surface area contributed by atoms with Crippen molar-refractivity contribution in [2.75, 3.05) is 6.61 Å². The molecule has 27 heavy (non-hydrogen) atoms. The summed E-state index contributed by atoms with van der Waals surface area (Å²) in [7, 11) is 0. The molecule has 2 saturated carbocycles. The molecule has 0 bridgehead atoms. The van der Waals surface area contributed by atoms with E-state index in [1.165, 1.54) is 51.4 Å². The SMILES string of the molecule is CC#C[C@@H](CC(=O)O)c1ccc(OCC2CCC3(CCCC3)CC2)cc1.[H-].[Na+]. The number of benzene rings is 1. The Bertz CT molecular complexity index is 661. The van der Waals surface area contributed by atoms with Crippen molar-refractivity contribution >= 4 is 5.97 Å². The second-order valence-corrected chi connectivity index (χ2v) is 8.08. The van der Waals surface area contributed by atoms with Crippen molar-refractivity contribution in [2.45, 2.75) is 70.6 Å². The van der Waals surface area contributed by atoms with E-state index in [4.69, 9.17) is 9.84 Å². The van der Waals surface area contributed by atoms with Crippen LogP contribution in [0.5, 0.6) is 5.75 Å². The molecule has 0 aromatic heterocycles. The Balaban J connectivity index is 0.00000196. The van der Waals surface area contributed by atoms with Crippen LogP contribution in [0.1, 0.15) is 77.6 Å². The zero-order valence-electron chi connectivity index (χ0n) is 17.8. The van der Waals surface area contributed by atoms with Crippen LogP contribution in [0.3, 0.4) is 0 Å². The second-order valence-electron chi connectivity index (χ2n) is 8.08. The third kappa shape index (κ3) is 6.28. The molecule has 2 aliphatic carbocycles. The summed E-state index contributed by atoms with van der Waals surface area (Å²) < 4.78 is 6.02. The number of carbonyl (C=O) groups is 1. The third-order valence-corrected chi connectivity index (χ3v) is 6.30. The molecule has 3 nitrogen and oxygen atoms in total. The van der Waals surface area contributed by atoms with Gasteiger partial charge < -0.3 is 11.3 Å². The summed E-state index contributed by atoms with van der Waals surface area (Å²) in [4.78, 5) is 11.0. The molecule has 1 N–H and O–H groups in total. The molecule has 1 atom stereocenters. The molecule has 1 aromatic rings. The summed E-state index contributed by atoms with van der Waals surface area (Å²) in [5, 5.41) is 9.04. The van der Waals surface area contributed by atoms with Gasteiger partial charge in [-0.15, -0.1) is 5.92 Å². The monoisotopic (exact) mass is 378 g/mol. The van der Waals surface area contributed by atoms with Gasteiger partial charge in [0.05, 0.1) is 18.9 Å². The van der Waals surface area contributed by atoms with Crippen LogP contribution in [0.2, 0.25) is 0 Å². The maximum absolute atomic E-state index is 11.0. The fraction of sp³-hybridized carbons (Fsp3) is 0.609. The van der Waals surface area contributed by atoms with Gasteiger partial charge in [-0.1, -0.05) is 30.9 Å². The standard InChI is InChI=1S/C23H30O3.Na.H/c1-2-5-20(16-22(24)25)19-6-8-21(9-7-19)26-17-18-10-14-23(15-11-18)12-3-4-13-23;;/h6-9,18,20H,3-4,10-17H2,1H3,(H,24,25);;/q;+1;-1/t20-;;/m0../s1. The molecule has 2 fully saturated rings. The maximum atomic E-state index is 11.0. The Labute approximate surface area is 187 Å². The van der Waals surface area contributed by atoms with Gasteiger partial charge in [0, 0.05) is 0 Å². The number of carboxylic acids is 1. The van der Waals surface area contributed by atoms with Gasteiger partial charge in [0.2, 0.25) is 0 Å². The first-order valence-electron chi connectivity index (χ1n) is 9.97. The van der Waals surface area contributed by atoms with Crippen LogP contribution in [0.25, 0.3) is 0 Å². The minimum Gasteiger partial charge on any atom is -1.00 e. The molecule has 0 heterocycles. The van der Waals surface area contributed by atoms with Crippen LogP contribution in [0.15, 0.2) is 24.3 Å². The van der Waals surface area contributed by atoms with E-state index in [0.29, 0.717) is 11.3 Å². The van der Waals surface area contributed by atoms with Gasteiger partial charge in [-0.05, 0) is 74.5 Å². The van der Waals surface area contributed by atoms with Crippen molar-refractivity contribution in [1.29, 1.82) is 0 Å². The van der Waals surface area contributed by atoms with Crippen LogP contribution in [0, 0.1) is 23.2 Å². The van der Waals surface area contributed by atoms with Gasteiger partial charge in [0.25, 0.3) is 0 Å². The number of hydrogen-bond acceptors (Lipinski definition) is 2. The summed E-state index contributed by atoms with van der Waals surface area (Å²) in [6, 6.07) is 7.79. The first-order valence-corrected chi connectivity index (χ1v) is 9.97. The zero-order valence-corrected chi connectivity index (χ0v) is 18.8. The molecule has 0 saturated heterocycles. The van der Waals surface area contributed by atoms with E-state index in [1.807, 2.05) is 24.3 Å². The van der Waals surface area contributed by atoms with E-state index in [2.05, 4.69) is 11.8 Å².